The minimum atomic E-state index is 0.393. The Hall–Kier alpha value is -1.89. The maximum absolute atomic E-state index is 5.94. The number of ether oxygens (including phenoxy) is 1. The number of benzene rings is 2. The fourth-order valence-electron chi connectivity index (χ4n) is 3.94. The van der Waals surface area contributed by atoms with Crippen LogP contribution in [-0.2, 0) is 6.42 Å². The van der Waals surface area contributed by atoms with Gasteiger partial charge in [-0.15, -0.1) is 0 Å². The number of nitrogens with one attached hydrogen (secondary N) is 2. The lowest BCUT2D eigenvalue weighted by atomic mass is 9.82. The van der Waals surface area contributed by atoms with Gasteiger partial charge in [0.1, 0.15) is 10.7 Å². The number of thiocarbonyl (C=S) groups is 3. The van der Waals surface area contributed by atoms with Crippen molar-refractivity contribution in [1.29, 1.82) is 0 Å². The Morgan fingerprint density at radius 1 is 1.14 bits per heavy atom. The van der Waals surface area contributed by atoms with Crippen LogP contribution in [0.3, 0.4) is 0 Å². The zero-order valence-electron chi connectivity index (χ0n) is 15.5. The lowest BCUT2D eigenvalue weighted by molar-refractivity contribution is 0.263. The Morgan fingerprint density at radius 2 is 1.96 bits per heavy atom. The molecule has 0 aromatic heterocycles. The van der Waals surface area contributed by atoms with Crippen LogP contribution in [0.15, 0.2) is 42.5 Å². The molecule has 1 atom stereocenters. The van der Waals surface area contributed by atoms with Crippen LogP contribution in [0.5, 0.6) is 5.75 Å². The fourth-order valence-corrected chi connectivity index (χ4v) is 4.74. The van der Waals surface area contributed by atoms with E-state index in [1.54, 1.807) is 0 Å². The maximum Gasteiger partial charge on any atom is 0.123 e. The molecule has 0 aliphatic carbocycles. The van der Waals surface area contributed by atoms with Crippen molar-refractivity contribution in [2.45, 2.75) is 25.2 Å². The van der Waals surface area contributed by atoms with Crippen molar-refractivity contribution in [3.8, 4) is 5.75 Å². The lowest BCUT2D eigenvalue weighted by Gasteiger charge is -2.32. The third-order valence-electron chi connectivity index (χ3n) is 5.29. The molecular formula is C22H22N2OS3. The summed E-state index contributed by atoms with van der Waals surface area (Å²) in [6, 6.07) is 14.4. The van der Waals surface area contributed by atoms with Gasteiger partial charge in [0.05, 0.1) is 18.1 Å². The van der Waals surface area contributed by atoms with Crippen molar-refractivity contribution >= 4 is 51.5 Å². The van der Waals surface area contributed by atoms with Crippen LogP contribution in [0.4, 0.5) is 0 Å². The van der Waals surface area contributed by atoms with Gasteiger partial charge in [0.15, 0.2) is 0 Å². The first kappa shape index (κ1) is 19.4. The van der Waals surface area contributed by atoms with Crippen molar-refractivity contribution in [3.63, 3.8) is 0 Å². The number of hydrogen-bond acceptors (Lipinski definition) is 4. The number of hydrogen-bond donors (Lipinski definition) is 2. The van der Waals surface area contributed by atoms with Crippen LogP contribution in [-0.4, -0.2) is 34.5 Å². The van der Waals surface area contributed by atoms with Crippen LogP contribution in [0, 0.1) is 0 Å². The highest BCUT2D eigenvalue weighted by atomic mass is 32.1. The van der Waals surface area contributed by atoms with Crippen molar-refractivity contribution in [2.24, 2.45) is 0 Å². The summed E-state index contributed by atoms with van der Waals surface area (Å²) in [5, 5.41) is 6.64. The SMILES string of the molecule is S=C(Cc1ccccc1)NCCC1CCOc2ccc3c(c21)C(=S)CNC3=S. The molecule has 144 valence electrons. The van der Waals surface area contributed by atoms with Crippen LogP contribution in [0.25, 0.3) is 0 Å². The number of rotatable bonds is 5. The molecule has 0 bridgehead atoms. The third-order valence-corrected chi connectivity index (χ3v) is 6.29. The Bertz CT molecular complexity index is 927. The summed E-state index contributed by atoms with van der Waals surface area (Å²) in [6.07, 6.45) is 2.75. The molecule has 2 aromatic rings. The van der Waals surface area contributed by atoms with E-state index in [4.69, 9.17) is 41.4 Å². The lowest BCUT2D eigenvalue weighted by Crippen LogP contribution is -2.37. The van der Waals surface area contributed by atoms with Crippen molar-refractivity contribution in [2.75, 3.05) is 19.7 Å². The van der Waals surface area contributed by atoms with E-state index in [9.17, 15) is 0 Å². The molecule has 6 heteroatoms. The fraction of sp³-hybridized carbons (Fsp3) is 0.318. The van der Waals surface area contributed by atoms with E-state index in [-0.39, 0.29) is 0 Å². The summed E-state index contributed by atoms with van der Waals surface area (Å²) < 4.78 is 5.94. The average Bonchev–Trinajstić information content (AvgIpc) is 2.71. The normalized spacial score (nSPS) is 17.8. The molecule has 28 heavy (non-hydrogen) atoms. The molecule has 0 spiro atoms. The van der Waals surface area contributed by atoms with E-state index in [1.165, 1.54) is 11.1 Å². The predicted molar refractivity (Wildman–Crippen MR) is 126 cm³/mol. The highest BCUT2D eigenvalue weighted by molar-refractivity contribution is 7.81. The van der Waals surface area contributed by atoms with Crippen LogP contribution < -0.4 is 15.4 Å². The minimum absolute atomic E-state index is 0.393. The molecule has 2 aliphatic heterocycles. The Labute approximate surface area is 181 Å². The Morgan fingerprint density at radius 3 is 2.79 bits per heavy atom. The molecule has 2 aliphatic rings. The number of fused-ring (bicyclic) bond motifs is 3. The second kappa shape index (κ2) is 8.64. The Kier molecular flexibility index (Phi) is 5.99. The highest BCUT2D eigenvalue weighted by Gasteiger charge is 2.30. The molecule has 0 saturated heterocycles. The molecule has 2 heterocycles. The Balaban J connectivity index is 1.46. The monoisotopic (exact) mass is 426 g/mol. The van der Waals surface area contributed by atoms with E-state index in [0.29, 0.717) is 12.5 Å². The average molecular weight is 427 g/mol. The van der Waals surface area contributed by atoms with Crippen molar-refractivity contribution in [1.82, 2.24) is 10.6 Å². The van der Waals surface area contributed by atoms with Crippen LogP contribution in [0.2, 0.25) is 0 Å². The molecule has 3 nitrogen and oxygen atoms in total. The van der Waals surface area contributed by atoms with Gasteiger partial charge in [-0.05, 0) is 36.5 Å². The van der Waals surface area contributed by atoms with Crippen molar-refractivity contribution < 1.29 is 4.74 Å². The molecule has 0 radical (unpaired) electrons. The summed E-state index contributed by atoms with van der Waals surface area (Å²) in [6.45, 7) is 2.21. The van der Waals surface area contributed by atoms with Gasteiger partial charge in [0, 0.05) is 34.5 Å². The molecule has 2 N–H and O–H groups in total. The molecule has 2 aromatic carbocycles. The van der Waals surface area contributed by atoms with Gasteiger partial charge in [-0.1, -0.05) is 67.0 Å². The molecule has 1 unspecified atom stereocenters. The summed E-state index contributed by atoms with van der Waals surface area (Å²) in [4.78, 5) is 2.58. The van der Waals surface area contributed by atoms with Crippen LogP contribution in [0.1, 0.15) is 41.0 Å². The zero-order valence-corrected chi connectivity index (χ0v) is 17.9. The molecule has 0 saturated carbocycles. The zero-order chi connectivity index (χ0) is 19.5. The summed E-state index contributed by atoms with van der Waals surface area (Å²) in [5.41, 5.74) is 4.62. The predicted octanol–water partition coefficient (Wildman–Crippen LogP) is 4.10. The van der Waals surface area contributed by atoms with Gasteiger partial charge in [0.2, 0.25) is 0 Å². The minimum Gasteiger partial charge on any atom is -0.493 e. The van der Waals surface area contributed by atoms with Gasteiger partial charge < -0.3 is 15.4 Å². The van der Waals surface area contributed by atoms with Gasteiger partial charge in [-0.3, -0.25) is 0 Å². The molecule has 0 fully saturated rings. The topological polar surface area (TPSA) is 33.3 Å². The van der Waals surface area contributed by atoms with Gasteiger partial charge in [0.25, 0.3) is 0 Å². The van der Waals surface area contributed by atoms with E-state index >= 15 is 0 Å². The molecule has 0 amide bonds. The van der Waals surface area contributed by atoms with Gasteiger partial charge in [-0.2, -0.15) is 0 Å². The second-order valence-electron chi connectivity index (χ2n) is 7.14. The van der Waals surface area contributed by atoms with E-state index in [2.05, 4.69) is 22.8 Å². The first-order chi connectivity index (χ1) is 13.6. The molecule has 4 rings (SSSR count). The van der Waals surface area contributed by atoms with Crippen molar-refractivity contribution in [3.05, 3.63) is 64.7 Å². The van der Waals surface area contributed by atoms with E-state index in [1.807, 2.05) is 30.3 Å². The van der Waals surface area contributed by atoms with E-state index in [0.717, 1.165) is 64.1 Å². The standard InChI is InChI=1S/C22H22N2OS3/c26-18-13-24-22(28)16-6-7-17-20(21(16)18)15(9-11-25-17)8-10-23-19(27)12-14-4-2-1-3-5-14/h1-7,15H,8-13H2,(H,23,27)(H,24,28). The van der Waals surface area contributed by atoms with Gasteiger partial charge >= 0.3 is 0 Å². The van der Waals surface area contributed by atoms with E-state index < -0.39 is 0 Å². The summed E-state index contributed by atoms with van der Waals surface area (Å²) in [5.74, 6) is 1.35. The van der Waals surface area contributed by atoms with Crippen LogP contribution >= 0.6 is 36.7 Å². The second-order valence-corrected chi connectivity index (χ2v) is 8.53. The highest BCUT2D eigenvalue weighted by Crippen LogP contribution is 2.40. The quantitative estimate of drug-likeness (QED) is 0.701. The smallest absolute Gasteiger partial charge is 0.123 e. The summed E-state index contributed by atoms with van der Waals surface area (Å²) in [7, 11) is 0. The van der Waals surface area contributed by atoms with Gasteiger partial charge in [-0.25, -0.2) is 0 Å². The first-order valence-corrected chi connectivity index (χ1v) is 10.8. The first-order valence-electron chi connectivity index (χ1n) is 9.55. The molecular weight excluding hydrogens is 404 g/mol. The maximum atomic E-state index is 5.94. The largest absolute Gasteiger partial charge is 0.493 e. The third kappa shape index (κ3) is 4.09. The summed E-state index contributed by atoms with van der Waals surface area (Å²) >= 11 is 16.7.